The molecular weight excluding hydrogens is 390 g/mol. The lowest BCUT2D eigenvalue weighted by atomic mass is 9.96. The van der Waals surface area contributed by atoms with Gasteiger partial charge in [-0.15, -0.1) is 11.3 Å². The van der Waals surface area contributed by atoms with E-state index < -0.39 is 0 Å². The van der Waals surface area contributed by atoms with Crippen molar-refractivity contribution in [2.24, 2.45) is 5.92 Å². The maximum absolute atomic E-state index is 12.7. The minimum absolute atomic E-state index is 0.0843. The minimum atomic E-state index is 0.0843. The van der Waals surface area contributed by atoms with Gasteiger partial charge in [-0.3, -0.25) is 9.69 Å². The van der Waals surface area contributed by atoms with E-state index >= 15 is 0 Å². The zero-order chi connectivity index (χ0) is 20.8. The monoisotopic (exact) mass is 419 g/mol. The fraction of sp³-hybridized carbons (Fsp3) is 0.360. The fourth-order valence-corrected chi connectivity index (χ4v) is 4.82. The van der Waals surface area contributed by atoms with E-state index in [1.54, 1.807) is 11.3 Å². The van der Waals surface area contributed by atoms with Crippen LogP contribution in [0.2, 0.25) is 0 Å². The molecule has 156 valence electrons. The highest BCUT2D eigenvalue weighted by molar-refractivity contribution is 7.13. The summed E-state index contributed by atoms with van der Waals surface area (Å²) in [7, 11) is 0. The lowest BCUT2D eigenvalue weighted by molar-refractivity contribution is -0.126. The van der Waals surface area contributed by atoms with Gasteiger partial charge in [0.05, 0.1) is 11.6 Å². The summed E-state index contributed by atoms with van der Waals surface area (Å²) in [5.74, 6) is 0.266. The molecule has 1 unspecified atom stereocenters. The Morgan fingerprint density at radius 1 is 1.17 bits per heavy atom. The van der Waals surface area contributed by atoms with Gasteiger partial charge in [-0.2, -0.15) is 0 Å². The quantitative estimate of drug-likeness (QED) is 0.604. The number of piperidine rings is 1. The van der Waals surface area contributed by atoms with Crippen molar-refractivity contribution in [2.75, 3.05) is 19.6 Å². The van der Waals surface area contributed by atoms with E-state index in [2.05, 4.69) is 71.1 Å². The van der Waals surface area contributed by atoms with Crippen LogP contribution in [0.5, 0.6) is 0 Å². The zero-order valence-corrected chi connectivity index (χ0v) is 18.3. The Balaban J connectivity index is 1.24. The lowest BCUT2D eigenvalue weighted by Gasteiger charge is -2.32. The molecule has 1 N–H and O–H groups in total. The average Bonchev–Trinajstić information content (AvgIpc) is 3.24. The molecule has 1 aliphatic heterocycles. The third kappa shape index (κ3) is 5.55. The first-order chi connectivity index (χ1) is 14.7. The van der Waals surface area contributed by atoms with E-state index in [1.165, 1.54) is 11.1 Å². The molecule has 30 heavy (non-hydrogen) atoms. The molecule has 1 amide bonds. The van der Waals surface area contributed by atoms with Crippen molar-refractivity contribution in [1.29, 1.82) is 0 Å². The number of aromatic nitrogens is 1. The number of nitrogens with zero attached hydrogens (tertiary/aromatic N) is 2. The van der Waals surface area contributed by atoms with Crippen LogP contribution in [-0.2, 0) is 17.8 Å². The topological polar surface area (TPSA) is 45.2 Å². The van der Waals surface area contributed by atoms with Crippen LogP contribution in [0, 0.1) is 12.8 Å². The summed E-state index contributed by atoms with van der Waals surface area (Å²) in [6.07, 6.45) is 2.83. The summed E-state index contributed by atoms with van der Waals surface area (Å²) in [5.41, 5.74) is 4.77. The molecule has 0 spiro atoms. The van der Waals surface area contributed by atoms with E-state index in [0.717, 1.165) is 55.2 Å². The fourth-order valence-electron chi connectivity index (χ4n) is 3.96. The Hall–Kier alpha value is -2.50. The maximum atomic E-state index is 12.7. The molecule has 0 bridgehead atoms. The Kier molecular flexibility index (Phi) is 6.92. The second-order valence-corrected chi connectivity index (χ2v) is 8.97. The van der Waals surface area contributed by atoms with Crippen LogP contribution in [0.15, 0.2) is 60.0 Å². The van der Waals surface area contributed by atoms with Crippen LogP contribution >= 0.6 is 11.3 Å². The van der Waals surface area contributed by atoms with Crippen molar-refractivity contribution in [3.63, 3.8) is 0 Å². The van der Waals surface area contributed by atoms with Gasteiger partial charge in [-0.25, -0.2) is 4.98 Å². The molecule has 4 nitrogen and oxygen atoms in total. The molecular formula is C25H29N3OS. The molecule has 3 aromatic rings. The maximum Gasteiger partial charge on any atom is 0.224 e. The average molecular weight is 420 g/mol. The second-order valence-electron chi connectivity index (χ2n) is 8.11. The highest BCUT2D eigenvalue weighted by atomic mass is 32.1. The molecule has 1 atom stereocenters. The van der Waals surface area contributed by atoms with Crippen molar-refractivity contribution in [3.05, 3.63) is 76.8 Å². The third-order valence-electron chi connectivity index (χ3n) is 5.66. The molecule has 1 fully saturated rings. The Bertz CT molecular complexity index is 952. The van der Waals surface area contributed by atoms with Crippen molar-refractivity contribution in [1.82, 2.24) is 15.2 Å². The largest absolute Gasteiger partial charge is 0.355 e. The molecule has 1 aromatic heterocycles. The molecule has 0 saturated carbocycles. The number of carbonyl (C=O) groups is 1. The highest BCUT2D eigenvalue weighted by Crippen LogP contribution is 2.24. The lowest BCUT2D eigenvalue weighted by Crippen LogP contribution is -2.43. The van der Waals surface area contributed by atoms with Crippen LogP contribution in [0.3, 0.4) is 0 Å². The number of carbonyl (C=O) groups excluding carboxylic acids is 1. The number of hydrogen-bond acceptors (Lipinski definition) is 4. The van der Waals surface area contributed by atoms with E-state index in [-0.39, 0.29) is 11.8 Å². The summed E-state index contributed by atoms with van der Waals surface area (Å²) in [6, 6.07) is 19.0. The number of aryl methyl sites for hydroxylation is 1. The molecule has 5 heteroatoms. The van der Waals surface area contributed by atoms with Crippen LogP contribution < -0.4 is 5.32 Å². The molecule has 2 heterocycles. The molecule has 2 aromatic carbocycles. The normalized spacial score (nSPS) is 17.0. The van der Waals surface area contributed by atoms with E-state index in [4.69, 9.17) is 4.98 Å². The summed E-state index contributed by atoms with van der Waals surface area (Å²) in [6.45, 7) is 5.57. The Labute approximate surface area is 183 Å². The number of thiazole rings is 1. The summed E-state index contributed by atoms with van der Waals surface area (Å²) in [5, 5.41) is 6.28. The highest BCUT2D eigenvalue weighted by Gasteiger charge is 2.25. The van der Waals surface area contributed by atoms with Gasteiger partial charge in [0, 0.05) is 37.0 Å². The van der Waals surface area contributed by atoms with Gasteiger partial charge in [-0.1, -0.05) is 60.2 Å². The van der Waals surface area contributed by atoms with Crippen molar-refractivity contribution < 1.29 is 4.79 Å². The second kappa shape index (κ2) is 10.0. The van der Waals surface area contributed by atoms with E-state index in [9.17, 15) is 4.79 Å². The predicted molar refractivity (Wildman–Crippen MR) is 123 cm³/mol. The van der Waals surface area contributed by atoms with Crippen molar-refractivity contribution >= 4 is 17.2 Å². The summed E-state index contributed by atoms with van der Waals surface area (Å²) >= 11 is 1.67. The smallest absolute Gasteiger partial charge is 0.224 e. The SMILES string of the molecule is Cc1ccc(-c2nc(CCNC(=O)C3CCCN(Cc4ccccc4)C3)cs2)cc1. The van der Waals surface area contributed by atoms with Gasteiger partial charge in [0.25, 0.3) is 0 Å². The van der Waals surface area contributed by atoms with Gasteiger partial charge in [0.2, 0.25) is 5.91 Å². The number of likely N-dealkylation sites (tertiary alicyclic amines) is 1. The van der Waals surface area contributed by atoms with E-state index in [0.29, 0.717) is 6.54 Å². The van der Waals surface area contributed by atoms with Crippen LogP contribution in [0.25, 0.3) is 10.6 Å². The van der Waals surface area contributed by atoms with Gasteiger partial charge in [0.15, 0.2) is 0 Å². The minimum Gasteiger partial charge on any atom is -0.355 e. The van der Waals surface area contributed by atoms with Crippen LogP contribution in [-0.4, -0.2) is 35.4 Å². The Morgan fingerprint density at radius 3 is 2.77 bits per heavy atom. The number of rotatable bonds is 7. The summed E-state index contributed by atoms with van der Waals surface area (Å²) < 4.78 is 0. The predicted octanol–water partition coefficient (Wildman–Crippen LogP) is 4.69. The Morgan fingerprint density at radius 2 is 1.97 bits per heavy atom. The van der Waals surface area contributed by atoms with Gasteiger partial charge in [0.1, 0.15) is 5.01 Å². The van der Waals surface area contributed by atoms with Crippen molar-refractivity contribution in [2.45, 2.75) is 32.7 Å². The van der Waals surface area contributed by atoms with Crippen molar-refractivity contribution in [3.8, 4) is 10.6 Å². The summed E-state index contributed by atoms with van der Waals surface area (Å²) in [4.78, 5) is 19.8. The first kappa shape index (κ1) is 20.8. The molecule has 1 aliphatic rings. The van der Waals surface area contributed by atoms with Gasteiger partial charge in [-0.05, 0) is 31.9 Å². The molecule has 4 rings (SSSR count). The molecule has 0 aliphatic carbocycles. The number of amides is 1. The van der Waals surface area contributed by atoms with Gasteiger partial charge >= 0.3 is 0 Å². The zero-order valence-electron chi connectivity index (χ0n) is 17.5. The van der Waals surface area contributed by atoms with E-state index in [1.807, 2.05) is 6.07 Å². The van der Waals surface area contributed by atoms with Crippen LogP contribution in [0.4, 0.5) is 0 Å². The van der Waals surface area contributed by atoms with Gasteiger partial charge < -0.3 is 5.32 Å². The third-order valence-corrected chi connectivity index (χ3v) is 6.60. The molecule has 1 saturated heterocycles. The number of nitrogens with one attached hydrogen (secondary N) is 1. The first-order valence-corrected chi connectivity index (χ1v) is 11.6. The number of benzene rings is 2. The molecule has 0 radical (unpaired) electrons. The van der Waals surface area contributed by atoms with Crippen LogP contribution in [0.1, 0.15) is 29.7 Å². The number of hydrogen-bond donors (Lipinski definition) is 1. The standard InChI is InChI=1S/C25H29N3OS/c1-19-9-11-21(12-10-19)25-27-23(18-30-25)13-14-26-24(29)22-8-5-15-28(17-22)16-20-6-3-2-4-7-20/h2-4,6-7,9-12,18,22H,5,8,13-17H2,1H3,(H,26,29). The first-order valence-electron chi connectivity index (χ1n) is 10.7.